The molecule has 4 nitrogen and oxygen atoms in total. The average Bonchev–Trinajstić information content (AvgIpc) is 2.63. The van der Waals surface area contributed by atoms with Gasteiger partial charge in [-0.1, -0.05) is 26.7 Å². The van der Waals surface area contributed by atoms with Gasteiger partial charge in [-0.15, -0.1) is 0 Å². The van der Waals surface area contributed by atoms with Crippen LogP contribution in [0.25, 0.3) is 0 Å². The number of β-amino-alcohol motifs (C(OH)–C–C–N with tert-alkyl or cyclic N) is 1. The Bertz CT molecular complexity index is 219. The second kappa shape index (κ2) is 6.86. The fourth-order valence-corrected chi connectivity index (χ4v) is 1.93. The Kier molecular flexibility index (Phi) is 5.77. The molecule has 1 fully saturated rings. The predicted octanol–water partition coefficient (Wildman–Crippen LogP) is 0.652. The van der Waals surface area contributed by atoms with Crippen molar-refractivity contribution in [1.29, 1.82) is 0 Å². The fraction of sp³-hybridized carbons (Fsp3) is 0.917. The van der Waals surface area contributed by atoms with Crippen molar-refractivity contribution in [2.75, 3.05) is 13.1 Å². The zero-order valence-electron chi connectivity index (χ0n) is 10.3. The lowest BCUT2D eigenvalue weighted by molar-refractivity contribution is -0.122. The van der Waals surface area contributed by atoms with E-state index in [1.54, 1.807) is 0 Å². The van der Waals surface area contributed by atoms with Gasteiger partial charge in [0.1, 0.15) is 0 Å². The smallest absolute Gasteiger partial charge is 0.237 e. The summed E-state index contributed by atoms with van der Waals surface area (Å²) in [6.07, 6.45) is 3.60. The molecular formula is C12H24N2O2. The minimum absolute atomic E-state index is 0.0288. The van der Waals surface area contributed by atoms with E-state index in [-0.39, 0.29) is 18.1 Å². The number of hydrogen-bond acceptors (Lipinski definition) is 3. The molecule has 16 heavy (non-hydrogen) atoms. The number of amides is 1. The zero-order chi connectivity index (χ0) is 12.0. The molecule has 2 unspecified atom stereocenters. The number of aliphatic hydroxyl groups excluding tert-OH is 1. The van der Waals surface area contributed by atoms with Crippen molar-refractivity contribution in [2.24, 2.45) is 5.92 Å². The van der Waals surface area contributed by atoms with Gasteiger partial charge in [-0.3, -0.25) is 4.79 Å². The maximum atomic E-state index is 11.6. The molecule has 0 saturated carbocycles. The van der Waals surface area contributed by atoms with Gasteiger partial charge in [0.25, 0.3) is 0 Å². The van der Waals surface area contributed by atoms with Gasteiger partial charge in [0, 0.05) is 13.1 Å². The van der Waals surface area contributed by atoms with Gasteiger partial charge in [-0.05, 0) is 18.8 Å². The van der Waals surface area contributed by atoms with Crippen LogP contribution in [0.3, 0.4) is 0 Å². The van der Waals surface area contributed by atoms with E-state index in [1.807, 2.05) is 0 Å². The molecule has 0 aromatic carbocycles. The standard InChI is InChI=1S/C12H24N2O2/c1-9(2)5-3-4-6-13-12(16)11-7-10(15)8-14-11/h9-11,14-15H,3-8H2,1-2H3,(H,13,16). The Morgan fingerprint density at radius 2 is 2.25 bits per heavy atom. The lowest BCUT2D eigenvalue weighted by Crippen LogP contribution is -2.40. The molecule has 0 aliphatic carbocycles. The molecule has 1 heterocycles. The van der Waals surface area contributed by atoms with E-state index in [0.717, 1.165) is 18.9 Å². The van der Waals surface area contributed by atoms with Gasteiger partial charge in [0.2, 0.25) is 5.91 Å². The summed E-state index contributed by atoms with van der Waals surface area (Å²) in [5.74, 6) is 0.767. The van der Waals surface area contributed by atoms with Gasteiger partial charge in [-0.25, -0.2) is 0 Å². The Labute approximate surface area is 97.8 Å². The monoisotopic (exact) mass is 228 g/mol. The van der Waals surface area contributed by atoms with Gasteiger partial charge in [0.15, 0.2) is 0 Å². The third-order valence-electron chi connectivity index (χ3n) is 2.93. The highest BCUT2D eigenvalue weighted by Gasteiger charge is 2.27. The maximum absolute atomic E-state index is 11.6. The molecule has 0 aromatic heterocycles. The molecule has 1 aliphatic heterocycles. The van der Waals surface area contributed by atoms with E-state index in [0.29, 0.717) is 13.0 Å². The van der Waals surface area contributed by atoms with Crippen molar-refractivity contribution in [3.63, 3.8) is 0 Å². The summed E-state index contributed by atoms with van der Waals surface area (Å²) >= 11 is 0. The van der Waals surface area contributed by atoms with Crippen LogP contribution < -0.4 is 10.6 Å². The number of nitrogens with one attached hydrogen (secondary N) is 2. The number of carbonyl (C=O) groups is 1. The summed E-state index contributed by atoms with van der Waals surface area (Å²) in [5, 5.41) is 15.2. The average molecular weight is 228 g/mol. The summed E-state index contributed by atoms with van der Waals surface area (Å²) in [4.78, 5) is 11.6. The number of unbranched alkanes of at least 4 members (excludes halogenated alkanes) is 1. The molecule has 1 saturated heterocycles. The molecule has 0 radical (unpaired) electrons. The van der Waals surface area contributed by atoms with Crippen LogP contribution in [0.4, 0.5) is 0 Å². The quantitative estimate of drug-likeness (QED) is 0.585. The van der Waals surface area contributed by atoms with Gasteiger partial charge in [-0.2, -0.15) is 0 Å². The second-order valence-electron chi connectivity index (χ2n) is 5.03. The van der Waals surface area contributed by atoms with Gasteiger partial charge >= 0.3 is 0 Å². The van der Waals surface area contributed by atoms with Crippen LogP contribution in [0.5, 0.6) is 0 Å². The lowest BCUT2D eigenvalue weighted by Gasteiger charge is -2.11. The third kappa shape index (κ3) is 4.94. The molecule has 1 amide bonds. The lowest BCUT2D eigenvalue weighted by atomic mass is 10.1. The number of aliphatic hydroxyl groups is 1. The topological polar surface area (TPSA) is 61.4 Å². The second-order valence-corrected chi connectivity index (χ2v) is 5.03. The third-order valence-corrected chi connectivity index (χ3v) is 2.93. The first-order valence-corrected chi connectivity index (χ1v) is 6.28. The first-order valence-electron chi connectivity index (χ1n) is 6.28. The Morgan fingerprint density at radius 1 is 1.50 bits per heavy atom. The Hall–Kier alpha value is -0.610. The zero-order valence-corrected chi connectivity index (χ0v) is 10.3. The minimum Gasteiger partial charge on any atom is -0.392 e. The van der Waals surface area contributed by atoms with Gasteiger partial charge in [0.05, 0.1) is 12.1 Å². The van der Waals surface area contributed by atoms with Crippen LogP contribution in [0.2, 0.25) is 0 Å². The first-order chi connectivity index (χ1) is 7.59. The van der Waals surface area contributed by atoms with Crippen LogP contribution in [-0.2, 0) is 4.79 Å². The molecule has 4 heteroatoms. The van der Waals surface area contributed by atoms with Crippen LogP contribution in [0, 0.1) is 5.92 Å². The Balaban J connectivity index is 2.02. The highest BCUT2D eigenvalue weighted by Crippen LogP contribution is 2.07. The van der Waals surface area contributed by atoms with Crippen molar-refractivity contribution in [1.82, 2.24) is 10.6 Å². The molecule has 0 aromatic rings. The largest absolute Gasteiger partial charge is 0.392 e. The molecule has 94 valence electrons. The summed E-state index contributed by atoms with van der Waals surface area (Å²) in [6, 6.07) is -0.194. The minimum atomic E-state index is -0.364. The first kappa shape index (κ1) is 13.5. The van der Waals surface area contributed by atoms with Gasteiger partial charge < -0.3 is 15.7 Å². The number of carbonyl (C=O) groups excluding carboxylic acids is 1. The van der Waals surface area contributed by atoms with Crippen molar-refractivity contribution < 1.29 is 9.90 Å². The predicted molar refractivity (Wildman–Crippen MR) is 64.1 cm³/mol. The van der Waals surface area contributed by atoms with Crippen molar-refractivity contribution in [2.45, 2.75) is 51.7 Å². The van der Waals surface area contributed by atoms with Crippen LogP contribution in [0.1, 0.15) is 39.5 Å². The van der Waals surface area contributed by atoms with E-state index in [2.05, 4.69) is 24.5 Å². The van der Waals surface area contributed by atoms with E-state index >= 15 is 0 Å². The highest BCUT2D eigenvalue weighted by molar-refractivity contribution is 5.82. The molecular weight excluding hydrogens is 204 g/mol. The van der Waals surface area contributed by atoms with Crippen molar-refractivity contribution in [3.05, 3.63) is 0 Å². The summed E-state index contributed by atoms with van der Waals surface area (Å²) < 4.78 is 0. The molecule has 1 rings (SSSR count). The van der Waals surface area contributed by atoms with Crippen molar-refractivity contribution in [3.8, 4) is 0 Å². The summed E-state index contributed by atoms with van der Waals surface area (Å²) in [6.45, 7) is 5.70. The number of rotatable bonds is 6. The summed E-state index contributed by atoms with van der Waals surface area (Å²) in [7, 11) is 0. The van der Waals surface area contributed by atoms with E-state index in [9.17, 15) is 9.90 Å². The molecule has 1 aliphatic rings. The van der Waals surface area contributed by atoms with Crippen LogP contribution in [0.15, 0.2) is 0 Å². The fourth-order valence-electron chi connectivity index (χ4n) is 1.93. The summed E-state index contributed by atoms with van der Waals surface area (Å²) in [5.41, 5.74) is 0. The molecule has 0 spiro atoms. The van der Waals surface area contributed by atoms with Crippen LogP contribution >= 0.6 is 0 Å². The normalized spacial score (nSPS) is 25.0. The molecule has 2 atom stereocenters. The number of hydrogen-bond donors (Lipinski definition) is 3. The van der Waals surface area contributed by atoms with E-state index < -0.39 is 0 Å². The van der Waals surface area contributed by atoms with Crippen LogP contribution in [-0.4, -0.2) is 36.2 Å². The van der Waals surface area contributed by atoms with E-state index in [4.69, 9.17) is 0 Å². The molecule has 0 bridgehead atoms. The Morgan fingerprint density at radius 3 is 2.81 bits per heavy atom. The maximum Gasteiger partial charge on any atom is 0.237 e. The van der Waals surface area contributed by atoms with E-state index in [1.165, 1.54) is 12.8 Å². The SMILES string of the molecule is CC(C)CCCCNC(=O)C1CC(O)CN1. The molecule has 3 N–H and O–H groups in total. The van der Waals surface area contributed by atoms with Crippen molar-refractivity contribution >= 4 is 5.91 Å². The highest BCUT2D eigenvalue weighted by atomic mass is 16.3.